The molecule has 17 heavy (non-hydrogen) atoms. The van der Waals surface area contributed by atoms with Crippen LogP contribution in [0.1, 0.15) is 35.2 Å². The molecule has 0 heterocycles. The van der Waals surface area contributed by atoms with Gasteiger partial charge in [-0.15, -0.1) is 0 Å². The van der Waals surface area contributed by atoms with Gasteiger partial charge in [0.15, 0.2) is 5.78 Å². The lowest BCUT2D eigenvalue weighted by Gasteiger charge is -2.15. The summed E-state index contributed by atoms with van der Waals surface area (Å²) in [6.45, 7) is 1.89. The van der Waals surface area contributed by atoms with Crippen LogP contribution in [0.4, 0.5) is 0 Å². The Labute approximate surface area is 100 Å². The van der Waals surface area contributed by atoms with Crippen molar-refractivity contribution < 1.29 is 14.7 Å². The Balaban J connectivity index is 2.26. The largest absolute Gasteiger partial charge is 0.481 e. The fourth-order valence-corrected chi connectivity index (χ4v) is 2.62. The highest BCUT2D eigenvalue weighted by Gasteiger charge is 2.38. The van der Waals surface area contributed by atoms with E-state index in [2.05, 4.69) is 0 Å². The molecule has 3 heteroatoms. The van der Waals surface area contributed by atoms with Crippen molar-refractivity contribution in [3.8, 4) is 0 Å². The lowest BCUT2D eigenvalue weighted by molar-refractivity contribution is -0.142. The number of carboxylic acid groups (broad SMARTS) is 1. The zero-order chi connectivity index (χ0) is 12.4. The van der Waals surface area contributed by atoms with E-state index in [1.165, 1.54) is 0 Å². The van der Waals surface area contributed by atoms with Gasteiger partial charge in [-0.25, -0.2) is 0 Å². The standard InChI is InChI=1S/C14H16O3/c1-9-5-2-3-6-10(9)13(15)11-7-4-8-12(11)14(16)17/h2-3,5-6,11-12H,4,7-8H2,1H3,(H,16,17). The van der Waals surface area contributed by atoms with Gasteiger partial charge in [0, 0.05) is 11.5 Å². The molecule has 1 aliphatic carbocycles. The maximum atomic E-state index is 12.3. The molecule has 1 aliphatic rings. The van der Waals surface area contributed by atoms with Gasteiger partial charge >= 0.3 is 5.97 Å². The molecule has 1 aromatic carbocycles. The Kier molecular flexibility index (Phi) is 3.27. The van der Waals surface area contributed by atoms with Crippen LogP contribution in [-0.2, 0) is 4.79 Å². The van der Waals surface area contributed by atoms with E-state index in [-0.39, 0.29) is 11.7 Å². The second kappa shape index (κ2) is 4.70. The maximum Gasteiger partial charge on any atom is 0.307 e. The number of carbonyl (C=O) groups is 2. The molecular weight excluding hydrogens is 216 g/mol. The molecule has 0 amide bonds. The number of Topliss-reactive ketones (excluding diaryl/α,β-unsaturated/α-hetero) is 1. The van der Waals surface area contributed by atoms with Crippen LogP contribution < -0.4 is 0 Å². The fourth-order valence-electron chi connectivity index (χ4n) is 2.62. The molecule has 0 spiro atoms. The lowest BCUT2D eigenvalue weighted by atomic mass is 9.87. The highest BCUT2D eigenvalue weighted by atomic mass is 16.4. The number of ketones is 1. The van der Waals surface area contributed by atoms with Crippen LogP contribution in [0.5, 0.6) is 0 Å². The Morgan fingerprint density at radius 3 is 2.47 bits per heavy atom. The molecule has 90 valence electrons. The fraction of sp³-hybridized carbons (Fsp3) is 0.429. The van der Waals surface area contributed by atoms with Crippen LogP contribution in [0.25, 0.3) is 0 Å². The molecular formula is C14H16O3. The van der Waals surface area contributed by atoms with E-state index in [4.69, 9.17) is 5.11 Å². The average molecular weight is 232 g/mol. The second-order valence-corrected chi connectivity index (χ2v) is 4.66. The average Bonchev–Trinajstić information content (AvgIpc) is 2.77. The van der Waals surface area contributed by atoms with Gasteiger partial charge < -0.3 is 5.11 Å². The van der Waals surface area contributed by atoms with E-state index >= 15 is 0 Å². The Morgan fingerprint density at radius 2 is 1.82 bits per heavy atom. The van der Waals surface area contributed by atoms with Gasteiger partial charge in [0.25, 0.3) is 0 Å². The molecule has 0 bridgehead atoms. The van der Waals surface area contributed by atoms with Crippen molar-refractivity contribution in [1.82, 2.24) is 0 Å². The molecule has 0 saturated heterocycles. The zero-order valence-electron chi connectivity index (χ0n) is 9.85. The van der Waals surface area contributed by atoms with Crippen molar-refractivity contribution in [2.24, 2.45) is 11.8 Å². The van der Waals surface area contributed by atoms with Crippen molar-refractivity contribution in [3.05, 3.63) is 35.4 Å². The summed E-state index contributed by atoms with van der Waals surface area (Å²) < 4.78 is 0. The van der Waals surface area contributed by atoms with Crippen LogP contribution in [0.3, 0.4) is 0 Å². The van der Waals surface area contributed by atoms with Crippen molar-refractivity contribution in [2.75, 3.05) is 0 Å². The number of aryl methyl sites for hydroxylation is 1. The summed E-state index contributed by atoms with van der Waals surface area (Å²) in [6, 6.07) is 7.38. The number of hydrogen-bond acceptors (Lipinski definition) is 2. The van der Waals surface area contributed by atoms with E-state index in [1.807, 2.05) is 25.1 Å². The number of carboxylic acids is 1. The summed E-state index contributed by atoms with van der Waals surface area (Å²) in [7, 11) is 0. The van der Waals surface area contributed by atoms with Gasteiger partial charge in [-0.3, -0.25) is 9.59 Å². The smallest absolute Gasteiger partial charge is 0.307 e. The summed E-state index contributed by atoms with van der Waals surface area (Å²) in [5.41, 5.74) is 1.60. The van der Waals surface area contributed by atoms with Gasteiger partial charge in [0.1, 0.15) is 0 Å². The van der Waals surface area contributed by atoms with Crippen LogP contribution in [-0.4, -0.2) is 16.9 Å². The van der Waals surface area contributed by atoms with Crippen molar-refractivity contribution in [2.45, 2.75) is 26.2 Å². The minimum Gasteiger partial charge on any atom is -0.481 e. The molecule has 2 atom stereocenters. The minimum atomic E-state index is -0.838. The SMILES string of the molecule is Cc1ccccc1C(=O)C1CCCC1C(=O)O. The van der Waals surface area contributed by atoms with Gasteiger partial charge in [0.05, 0.1) is 5.92 Å². The summed E-state index contributed by atoms with van der Waals surface area (Å²) in [5, 5.41) is 9.10. The summed E-state index contributed by atoms with van der Waals surface area (Å²) in [4.78, 5) is 23.4. The summed E-state index contributed by atoms with van der Waals surface area (Å²) in [5.74, 6) is -1.68. The monoisotopic (exact) mass is 232 g/mol. The van der Waals surface area contributed by atoms with Crippen molar-refractivity contribution in [1.29, 1.82) is 0 Å². The Hall–Kier alpha value is -1.64. The van der Waals surface area contributed by atoms with Crippen LogP contribution in [0.15, 0.2) is 24.3 Å². The van der Waals surface area contributed by atoms with Gasteiger partial charge in [-0.2, -0.15) is 0 Å². The third-order valence-corrected chi connectivity index (χ3v) is 3.58. The normalized spacial score (nSPS) is 23.6. The van der Waals surface area contributed by atoms with E-state index < -0.39 is 11.9 Å². The molecule has 1 fully saturated rings. The van der Waals surface area contributed by atoms with Gasteiger partial charge in [-0.05, 0) is 25.3 Å². The molecule has 2 unspecified atom stereocenters. The van der Waals surface area contributed by atoms with E-state index in [0.717, 1.165) is 12.0 Å². The predicted molar refractivity (Wildman–Crippen MR) is 64.0 cm³/mol. The maximum absolute atomic E-state index is 12.3. The Bertz CT molecular complexity index is 451. The first-order chi connectivity index (χ1) is 8.11. The highest BCUT2D eigenvalue weighted by Crippen LogP contribution is 2.34. The van der Waals surface area contributed by atoms with Crippen LogP contribution >= 0.6 is 0 Å². The van der Waals surface area contributed by atoms with Crippen molar-refractivity contribution in [3.63, 3.8) is 0 Å². The molecule has 1 aromatic rings. The number of carbonyl (C=O) groups excluding carboxylic acids is 1. The first kappa shape index (κ1) is 11.8. The van der Waals surface area contributed by atoms with Crippen molar-refractivity contribution >= 4 is 11.8 Å². The molecule has 1 saturated carbocycles. The van der Waals surface area contributed by atoms with Crippen LogP contribution in [0.2, 0.25) is 0 Å². The van der Waals surface area contributed by atoms with Crippen LogP contribution in [0, 0.1) is 18.8 Å². The Morgan fingerprint density at radius 1 is 1.18 bits per heavy atom. The number of aliphatic carboxylic acids is 1. The predicted octanol–water partition coefficient (Wildman–Crippen LogP) is 2.68. The van der Waals surface area contributed by atoms with Gasteiger partial charge in [0.2, 0.25) is 0 Å². The number of benzene rings is 1. The van der Waals surface area contributed by atoms with E-state index in [0.29, 0.717) is 18.4 Å². The molecule has 0 aromatic heterocycles. The van der Waals surface area contributed by atoms with E-state index in [9.17, 15) is 9.59 Å². The van der Waals surface area contributed by atoms with E-state index in [1.54, 1.807) is 6.07 Å². The highest BCUT2D eigenvalue weighted by molar-refractivity contribution is 6.01. The molecule has 3 nitrogen and oxygen atoms in total. The zero-order valence-corrected chi connectivity index (χ0v) is 9.85. The molecule has 0 radical (unpaired) electrons. The second-order valence-electron chi connectivity index (χ2n) is 4.66. The minimum absolute atomic E-state index is 0.00648. The number of hydrogen-bond donors (Lipinski definition) is 1. The molecule has 0 aliphatic heterocycles. The first-order valence-corrected chi connectivity index (χ1v) is 5.94. The summed E-state index contributed by atoms with van der Waals surface area (Å²) in [6.07, 6.45) is 2.15. The lowest BCUT2D eigenvalue weighted by Crippen LogP contribution is -2.25. The van der Waals surface area contributed by atoms with Gasteiger partial charge in [-0.1, -0.05) is 30.7 Å². The number of rotatable bonds is 3. The molecule has 1 N–H and O–H groups in total. The quantitative estimate of drug-likeness (QED) is 0.815. The topological polar surface area (TPSA) is 54.4 Å². The molecule has 2 rings (SSSR count). The first-order valence-electron chi connectivity index (χ1n) is 5.94. The summed E-state index contributed by atoms with van der Waals surface area (Å²) >= 11 is 0. The third kappa shape index (κ3) is 2.23. The third-order valence-electron chi connectivity index (χ3n) is 3.58.